The number of aryl methyl sites for hydroxylation is 1. The van der Waals surface area contributed by atoms with Gasteiger partial charge in [-0.15, -0.1) is 0 Å². The first kappa shape index (κ1) is 30.4. The van der Waals surface area contributed by atoms with Crippen LogP contribution in [0.3, 0.4) is 0 Å². The Morgan fingerprint density at radius 3 is 2.15 bits per heavy atom. The van der Waals surface area contributed by atoms with Crippen molar-refractivity contribution < 1.29 is 18.0 Å². The van der Waals surface area contributed by atoms with E-state index in [1.807, 2.05) is 80.6 Å². The summed E-state index contributed by atoms with van der Waals surface area (Å²) in [7, 11) is -3.54. The highest BCUT2D eigenvalue weighted by molar-refractivity contribution is 9.10. The van der Waals surface area contributed by atoms with Gasteiger partial charge < -0.3 is 10.2 Å². The van der Waals surface area contributed by atoms with Crippen LogP contribution in [0, 0.1) is 6.92 Å². The van der Waals surface area contributed by atoms with Crippen molar-refractivity contribution in [3.8, 4) is 0 Å². The largest absolute Gasteiger partial charge is 0.355 e. The lowest BCUT2D eigenvalue weighted by Crippen LogP contribution is -2.50. The molecule has 0 aliphatic heterocycles. The lowest BCUT2D eigenvalue weighted by molar-refractivity contribution is -0.141. The average Bonchev–Trinajstić information content (AvgIpc) is 2.90. The molecule has 2 amide bonds. The molecule has 39 heavy (non-hydrogen) atoms. The highest BCUT2D eigenvalue weighted by Gasteiger charge is 2.30. The first-order valence-corrected chi connectivity index (χ1v) is 15.6. The van der Waals surface area contributed by atoms with Crippen LogP contribution < -0.4 is 9.62 Å². The molecule has 3 rings (SSSR count). The third-order valence-corrected chi connectivity index (χ3v) is 8.09. The number of rotatable bonds is 13. The molecule has 0 bridgehead atoms. The van der Waals surface area contributed by atoms with Crippen LogP contribution in [-0.2, 0) is 32.6 Å². The van der Waals surface area contributed by atoms with E-state index in [-0.39, 0.29) is 31.3 Å². The molecule has 3 aromatic carbocycles. The highest BCUT2D eigenvalue weighted by atomic mass is 79.9. The van der Waals surface area contributed by atoms with Gasteiger partial charge in [-0.05, 0) is 55.7 Å². The number of carbonyl (C=O) groups excluding carboxylic acids is 2. The molecule has 208 valence electrons. The minimum atomic E-state index is -3.54. The molecule has 0 unspecified atom stereocenters. The Hall–Kier alpha value is -3.17. The number of nitrogens with one attached hydrogen (secondary N) is 1. The molecule has 0 saturated heterocycles. The van der Waals surface area contributed by atoms with Crippen LogP contribution in [0.5, 0.6) is 0 Å². The minimum absolute atomic E-state index is 0.0963. The van der Waals surface area contributed by atoms with E-state index in [2.05, 4.69) is 21.2 Å². The van der Waals surface area contributed by atoms with E-state index in [1.165, 1.54) is 10.6 Å². The van der Waals surface area contributed by atoms with E-state index in [9.17, 15) is 18.0 Å². The van der Waals surface area contributed by atoms with E-state index in [0.717, 1.165) is 21.2 Å². The minimum Gasteiger partial charge on any atom is -0.355 e. The zero-order valence-corrected chi connectivity index (χ0v) is 25.0. The third kappa shape index (κ3) is 9.21. The zero-order valence-electron chi connectivity index (χ0n) is 22.6. The monoisotopic (exact) mass is 613 g/mol. The van der Waals surface area contributed by atoms with Crippen LogP contribution in [0.15, 0.2) is 83.3 Å². The summed E-state index contributed by atoms with van der Waals surface area (Å²) < 4.78 is 27.3. The van der Waals surface area contributed by atoms with Gasteiger partial charge in [0, 0.05) is 36.9 Å². The molecule has 0 spiro atoms. The number of sulfonamides is 1. The normalized spacial score (nSPS) is 12.0. The molecule has 0 heterocycles. The Morgan fingerprint density at radius 2 is 1.56 bits per heavy atom. The maximum atomic E-state index is 13.7. The van der Waals surface area contributed by atoms with E-state index in [0.29, 0.717) is 25.1 Å². The van der Waals surface area contributed by atoms with Crippen LogP contribution >= 0.6 is 15.9 Å². The maximum Gasteiger partial charge on any atom is 0.243 e. The number of halogens is 1. The molecule has 3 aromatic rings. The van der Waals surface area contributed by atoms with Gasteiger partial charge in [-0.25, -0.2) is 8.42 Å². The number of hydrogen-bond donors (Lipinski definition) is 1. The van der Waals surface area contributed by atoms with Crippen molar-refractivity contribution >= 4 is 43.5 Å². The Labute approximate surface area is 240 Å². The van der Waals surface area contributed by atoms with Gasteiger partial charge in [0.25, 0.3) is 0 Å². The lowest BCUT2D eigenvalue weighted by Gasteiger charge is -2.32. The van der Waals surface area contributed by atoms with Crippen LogP contribution in [0.4, 0.5) is 5.69 Å². The summed E-state index contributed by atoms with van der Waals surface area (Å²) >= 11 is 3.45. The standard InChI is InChI=1S/C30H36BrN3O4S/c1-4-32-30(36)28(21-24-9-6-5-7-10-24)33(22-25-14-16-26(31)17-15-25)29(35)11-8-20-34(39(3,37)38)27-18-12-23(2)13-19-27/h5-7,9-10,12-19,28H,4,8,11,20-22H2,1-3H3,(H,32,36)/t28-/m0/s1. The van der Waals surface area contributed by atoms with Crippen LogP contribution in [0.2, 0.25) is 0 Å². The fourth-order valence-corrected chi connectivity index (χ4v) is 5.58. The third-order valence-electron chi connectivity index (χ3n) is 6.36. The molecule has 0 aliphatic rings. The van der Waals surface area contributed by atoms with Gasteiger partial charge >= 0.3 is 0 Å². The van der Waals surface area contributed by atoms with Gasteiger partial charge in [-0.2, -0.15) is 0 Å². The van der Waals surface area contributed by atoms with Crippen molar-refractivity contribution in [3.63, 3.8) is 0 Å². The molecule has 9 heteroatoms. The van der Waals surface area contributed by atoms with Crippen molar-refractivity contribution in [1.29, 1.82) is 0 Å². The molecule has 0 radical (unpaired) electrons. The van der Waals surface area contributed by atoms with Crippen molar-refractivity contribution in [2.45, 2.75) is 45.7 Å². The van der Waals surface area contributed by atoms with Crippen LogP contribution in [0.25, 0.3) is 0 Å². The summed E-state index contributed by atoms with van der Waals surface area (Å²) in [5.41, 5.74) is 3.43. The van der Waals surface area contributed by atoms with Crippen LogP contribution in [0.1, 0.15) is 36.5 Å². The summed E-state index contributed by atoms with van der Waals surface area (Å²) in [4.78, 5) is 28.6. The van der Waals surface area contributed by atoms with Crippen molar-refractivity contribution in [2.75, 3.05) is 23.7 Å². The smallest absolute Gasteiger partial charge is 0.243 e. The van der Waals surface area contributed by atoms with Crippen molar-refractivity contribution in [3.05, 3.63) is 100 Å². The molecule has 1 N–H and O–H groups in total. The quantitative estimate of drug-likeness (QED) is 0.291. The second-order valence-electron chi connectivity index (χ2n) is 9.52. The van der Waals surface area contributed by atoms with Crippen molar-refractivity contribution in [1.82, 2.24) is 10.2 Å². The van der Waals surface area contributed by atoms with Gasteiger partial charge in [0.2, 0.25) is 21.8 Å². The summed E-state index contributed by atoms with van der Waals surface area (Å²) in [5.74, 6) is -0.424. The molecule has 0 saturated carbocycles. The number of hydrogen-bond acceptors (Lipinski definition) is 4. The fourth-order valence-electron chi connectivity index (χ4n) is 4.35. The Kier molecular flexibility index (Phi) is 11.1. The van der Waals surface area contributed by atoms with Gasteiger partial charge in [-0.1, -0.05) is 76.1 Å². The average molecular weight is 615 g/mol. The predicted molar refractivity (Wildman–Crippen MR) is 160 cm³/mol. The first-order valence-electron chi connectivity index (χ1n) is 13.0. The number of likely N-dealkylation sites (N-methyl/N-ethyl adjacent to an activating group) is 1. The maximum absolute atomic E-state index is 13.7. The highest BCUT2D eigenvalue weighted by Crippen LogP contribution is 2.21. The van der Waals surface area contributed by atoms with Crippen molar-refractivity contribution in [2.24, 2.45) is 0 Å². The SMILES string of the molecule is CCNC(=O)[C@H](Cc1ccccc1)N(Cc1ccc(Br)cc1)C(=O)CCCN(c1ccc(C)cc1)S(C)(=O)=O. The summed E-state index contributed by atoms with van der Waals surface area (Å²) in [5, 5.41) is 2.89. The summed E-state index contributed by atoms with van der Waals surface area (Å²) in [6.45, 7) is 4.65. The number of anilines is 1. The van der Waals surface area contributed by atoms with Crippen LogP contribution in [-0.4, -0.2) is 50.5 Å². The number of amides is 2. The number of carbonyl (C=O) groups is 2. The Bertz CT molecular complexity index is 1330. The van der Waals surface area contributed by atoms with E-state index < -0.39 is 16.1 Å². The summed E-state index contributed by atoms with van der Waals surface area (Å²) in [6.07, 6.45) is 1.94. The molecule has 0 aromatic heterocycles. The fraction of sp³-hybridized carbons (Fsp3) is 0.333. The second kappa shape index (κ2) is 14.3. The Balaban J connectivity index is 1.85. The van der Waals surface area contributed by atoms with Gasteiger partial charge in [-0.3, -0.25) is 13.9 Å². The number of benzene rings is 3. The topological polar surface area (TPSA) is 86.8 Å². The van der Waals surface area contributed by atoms with Gasteiger partial charge in [0.15, 0.2) is 0 Å². The Morgan fingerprint density at radius 1 is 0.923 bits per heavy atom. The first-order chi connectivity index (χ1) is 18.6. The molecular weight excluding hydrogens is 578 g/mol. The van der Waals surface area contributed by atoms with E-state index in [1.54, 1.807) is 17.0 Å². The second-order valence-corrected chi connectivity index (χ2v) is 12.3. The summed E-state index contributed by atoms with van der Waals surface area (Å²) in [6, 6.07) is 23.8. The van der Waals surface area contributed by atoms with Gasteiger partial charge in [0.05, 0.1) is 11.9 Å². The molecule has 1 atom stereocenters. The molecule has 0 aliphatic carbocycles. The lowest BCUT2D eigenvalue weighted by atomic mass is 10.0. The zero-order chi connectivity index (χ0) is 28.4. The molecular formula is C30H36BrN3O4S. The molecule has 7 nitrogen and oxygen atoms in total. The van der Waals surface area contributed by atoms with Gasteiger partial charge in [0.1, 0.15) is 6.04 Å². The molecule has 0 fully saturated rings. The predicted octanol–water partition coefficient (Wildman–Crippen LogP) is 5.08. The number of nitrogens with zero attached hydrogens (tertiary/aromatic N) is 2. The van der Waals surface area contributed by atoms with E-state index >= 15 is 0 Å². The van der Waals surface area contributed by atoms with E-state index in [4.69, 9.17) is 0 Å².